The smallest absolute Gasteiger partial charge is 0.326 e. The van der Waals surface area contributed by atoms with E-state index in [1.807, 2.05) is 11.4 Å². The summed E-state index contributed by atoms with van der Waals surface area (Å²) in [6, 6.07) is 9.10. The van der Waals surface area contributed by atoms with Crippen LogP contribution in [0.3, 0.4) is 0 Å². The molecule has 0 aliphatic carbocycles. The Labute approximate surface area is 203 Å². The second kappa shape index (κ2) is 10.0. The summed E-state index contributed by atoms with van der Waals surface area (Å²) in [5.41, 5.74) is 1.17. The minimum Gasteiger partial charge on any atom is -0.435 e. The maximum absolute atomic E-state index is 13.9. The van der Waals surface area contributed by atoms with Crippen LogP contribution < -0.4 is 15.4 Å². The summed E-state index contributed by atoms with van der Waals surface area (Å²) < 4.78 is 19.6. The standard InChI is InChI=1S/C22H14Cl3FN4O3/c1-10-6-11(2)28-21(13(10)9-27)33-19-15(24)7-12(8-16(19)25)29-22(32)30-20(31)18-14(23)4-3-5-17(18)26/h3-8H,1-2H3,(H2,29,30,31,32). The van der Waals surface area contributed by atoms with Gasteiger partial charge in [0, 0.05) is 11.4 Å². The van der Waals surface area contributed by atoms with Gasteiger partial charge in [0.2, 0.25) is 5.88 Å². The number of nitriles is 1. The first kappa shape index (κ1) is 24.3. The zero-order valence-electron chi connectivity index (χ0n) is 17.1. The van der Waals surface area contributed by atoms with E-state index in [-0.39, 0.29) is 37.9 Å². The van der Waals surface area contributed by atoms with Crippen LogP contribution in [0.5, 0.6) is 11.6 Å². The first-order valence-corrected chi connectivity index (χ1v) is 10.4. The number of hydrogen-bond acceptors (Lipinski definition) is 5. The number of aromatic nitrogens is 1. The maximum Gasteiger partial charge on any atom is 0.326 e. The molecule has 0 aliphatic heterocycles. The summed E-state index contributed by atoms with van der Waals surface area (Å²) in [5, 5.41) is 13.6. The predicted octanol–water partition coefficient (Wildman–Crippen LogP) is 6.42. The number of amides is 3. The van der Waals surface area contributed by atoms with Crippen molar-refractivity contribution < 1.29 is 18.7 Å². The lowest BCUT2D eigenvalue weighted by Gasteiger charge is -2.14. The molecule has 1 heterocycles. The average Bonchev–Trinajstić information content (AvgIpc) is 2.70. The topological polar surface area (TPSA) is 104 Å². The molecule has 0 radical (unpaired) electrons. The molecule has 0 saturated heterocycles. The van der Waals surface area contributed by atoms with Gasteiger partial charge >= 0.3 is 6.03 Å². The zero-order valence-corrected chi connectivity index (χ0v) is 19.4. The quantitative estimate of drug-likeness (QED) is 0.424. The lowest BCUT2D eigenvalue weighted by molar-refractivity contribution is 0.0963. The van der Waals surface area contributed by atoms with E-state index in [4.69, 9.17) is 39.5 Å². The van der Waals surface area contributed by atoms with Gasteiger partial charge in [-0.2, -0.15) is 5.26 Å². The van der Waals surface area contributed by atoms with Gasteiger partial charge in [0.05, 0.1) is 20.6 Å². The van der Waals surface area contributed by atoms with E-state index in [0.29, 0.717) is 11.3 Å². The van der Waals surface area contributed by atoms with Crippen molar-refractivity contribution in [3.8, 4) is 17.7 Å². The molecule has 3 aromatic rings. The van der Waals surface area contributed by atoms with E-state index in [9.17, 15) is 19.2 Å². The monoisotopic (exact) mass is 506 g/mol. The molecule has 0 spiro atoms. The molecule has 11 heteroatoms. The predicted molar refractivity (Wildman–Crippen MR) is 123 cm³/mol. The fraction of sp³-hybridized carbons (Fsp3) is 0.0909. The maximum atomic E-state index is 13.9. The Kier molecular flexibility index (Phi) is 7.39. The second-order valence-electron chi connectivity index (χ2n) is 6.75. The van der Waals surface area contributed by atoms with Gasteiger partial charge in [0.25, 0.3) is 5.91 Å². The summed E-state index contributed by atoms with van der Waals surface area (Å²) in [5.74, 6) is -1.85. The normalized spacial score (nSPS) is 10.3. The number of nitrogens with zero attached hydrogens (tertiary/aromatic N) is 2. The Hall–Kier alpha value is -3.38. The van der Waals surface area contributed by atoms with Gasteiger partial charge < -0.3 is 10.1 Å². The first-order valence-electron chi connectivity index (χ1n) is 9.22. The van der Waals surface area contributed by atoms with Crippen LogP contribution in [0.15, 0.2) is 36.4 Å². The average molecular weight is 508 g/mol. The Bertz CT molecular complexity index is 1280. The summed E-state index contributed by atoms with van der Waals surface area (Å²) in [6.45, 7) is 3.48. The van der Waals surface area contributed by atoms with Crippen LogP contribution in [0.4, 0.5) is 14.9 Å². The van der Waals surface area contributed by atoms with Crippen LogP contribution in [0.2, 0.25) is 15.1 Å². The highest BCUT2D eigenvalue weighted by atomic mass is 35.5. The number of pyridine rings is 1. The molecule has 33 heavy (non-hydrogen) atoms. The molecule has 3 rings (SSSR count). The van der Waals surface area contributed by atoms with Gasteiger partial charge in [0.15, 0.2) is 5.75 Å². The van der Waals surface area contributed by atoms with Gasteiger partial charge in [-0.1, -0.05) is 40.9 Å². The number of hydrogen-bond donors (Lipinski definition) is 2. The third-order valence-corrected chi connectivity index (χ3v) is 5.17. The molecular weight excluding hydrogens is 494 g/mol. The molecule has 7 nitrogen and oxygen atoms in total. The summed E-state index contributed by atoms with van der Waals surface area (Å²) >= 11 is 18.3. The van der Waals surface area contributed by atoms with Crippen molar-refractivity contribution in [2.75, 3.05) is 5.32 Å². The Morgan fingerprint density at radius 1 is 1.09 bits per heavy atom. The zero-order chi connectivity index (χ0) is 24.3. The third-order valence-electron chi connectivity index (χ3n) is 4.30. The number of benzene rings is 2. The SMILES string of the molecule is Cc1cc(C)c(C#N)c(Oc2c(Cl)cc(NC(=O)NC(=O)c3c(F)cccc3Cl)cc2Cl)n1. The van der Waals surface area contributed by atoms with Crippen molar-refractivity contribution in [3.63, 3.8) is 0 Å². The number of halogens is 4. The third kappa shape index (κ3) is 5.52. The minimum absolute atomic E-state index is 0.00567. The molecule has 1 aromatic heterocycles. The fourth-order valence-corrected chi connectivity index (χ4v) is 3.69. The van der Waals surface area contributed by atoms with Gasteiger partial charge in [0.1, 0.15) is 17.4 Å². The van der Waals surface area contributed by atoms with E-state index >= 15 is 0 Å². The van der Waals surface area contributed by atoms with Crippen LogP contribution in [0.1, 0.15) is 27.2 Å². The van der Waals surface area contributed by atoms with Crippen molar-refractivity contribution >= 4 is 52.4 Å². The molecular formula is C22H14Cl3FN4O3. The number of carbonyl (C=O) groups excluding carboxylic acids is 2. The Balaban J connectivity index is 1.79. The van der Waals surface area contributed by atoms with Gasteiger partial charge in [-0.25, -0.2) is 14.2 Å². The van der Waals surface area contributed by atoms with E-state index in [2.05, 4.69) is 10.3 Å². The van der Waals surface area contributed by atoms with Crippen LogP contribution in [-0.4, -0.2) is 16.9 Å². The van der Waals surface area contributed by atoms with Crippen molar-refractivity contribution in [1.29, 1.82) is 5.26 Å². The number of ether oxygens (including phenoxy) is 1. The van der Waals surface area contributed by atoms with Crippen molar-refractivity contribution in [2.45, 2.75) is 13.8 Å². The Morgan fingerprint density at radius 3 is 2.36 bits per heavy atom. The summed E-state index contributed by atoms with van der Waals surface area (Å²) in [4.78, 5) is 28.6. The number of imide groups is 1. The molecule has 0 bridgehead atoms. The highest BCUT2D eigenvalue weighted by molar-refractivity contribution is 6.38. The number of carbonyl (C=O) groups is 2. The molecule has 0 fully saturated rings. The molecule has 0 unspecified atom stereocenters. The molecule has 0 saturated carbocycles. The van der Waals surface area contributed by atoms with Gasteiger partial charge in [-0.3, -0.25) is 10.1 Å². The minimum atomic E-state index is -1.03. The van der Waals surface area contributed by atoms with E-state index in [1.165, 1.54) is 24.3 Å². The number of nitrogens with one attached hydrogen (secondary N) is 2. The molecule has 0 aliphatic rings. The van der Waals surface area contributed by atoms with Crippen LogP contribution >= 0.6 is 34.8 Å². The van der Waals surface area contributed by atoms with Crippen LogP contribution in [-0.2, 0) is 0 Å². The molecule has 168 valence electrons. The molecule has 2 N–H and O–H groups in total. The van der Waals surface area contributed by atoms with Crippen LogP contribution in [0, 0.1) is 31.0 Å². The van der Waals surface area contributed by atoms with Gasteiger partial charge in [-0.15, -0.1) is 0 Å². The van der Waals surface area contributed by atoms with Gasteiger partial charge in [-0.05, 0) is 49.7 Å². The van der Waals surface area contributed by atoms with Crippen molar-refractivity contribution in [3.05, 3.63) is 79.7 Å². The highest BCUT2D eigenvalue weighted by Crippen LogP contribution is 2.39. The first-order chi connectivity index (χ1) is 15.6. The number of aryl methyl sites for hydroxylation is 2. The Morgan fingerprint density at radius 2 is 1.76 bits per heavy atom. The number of rotatable bonds is 4. The van der Waals surface area contributed by atoms with Crippen LogP contribution in [0.25, 0.3) is 0 Å². The lowest BCUT2D eigenvalue weighted by atomic mass is 10.1. The number of anilines is 1. The van der Waals surface area contributed by atoms with E-state index in [0.717, 1.165) is 6.07 Å². The van der Waals surface area contributed by atoms with E-state index in [1.54, 1.807) is 19.9 Å². The molecule has 0 atom stereocenters. The van der Waals surface area contributed by atoms with Crippen molar-refractivity contribution in [1.82, 2.24) is 10.3 Å². The highest BCUT2D eigenvalue weighted by Gasteiger charge is 2.20. The lowest BCUT2D eigenvalue weighted by Crippen LogP contribution is -2.35. The molecule has 2 aromatic carbocycles. The summed E-state index contributed by atoms with van der Waals surface area (Å²) in [6.07, 6.45) is 0. The largest absolute Gasteiger partial charge is 0.435 e. The van der Waals surface area contributed by atoms with Crippen molar-refractivity contribution in [2.24, 2.45) is 0 Å². The number of urea groups is 1. The second-order valence-corrected chi connectivity index (χ2v) is 7.97. The fourth-order valence-electron chi connectivity index (χ4n) is 2.88. The van der Waals surface area contributed by atoms with E-state index < -0.39 is 23.3 Å². The summed E-state index contributed by atoms with van der Waals surface area (Å²) in [7, 11) is 0. The molecule has 3 amide bonds.